The average molecular weight is 261 g/mol. The smallest absolute Gasteiger partial charge is 0.388 e. The first-order valence-electron chi connectivity index (χ1n) is 4.06. The molecule has 0 aliphatic heterocycles. The number of phosphoric ester groups is 1. The molecule has 4 atom stereocenters. The van der Waals surface area contributed by atoms with Gasteiger partial charge in [-0.3, -0.25) is 4.52 Å². The molecule has 96 valence electrons. The third kappa shape index (κ3) is 5.64. The van der Waals surface area contributed by atoms with E-state index >= 15 is 0 Å². The molecule has 0 radical (unpaired) electrons. The highest BCUT2D eigenvalue weighted by Crippen LogP contribution is 2.35. The van der Waals surface area contributed by atoms with Crippen molar-refractivity contribution in [1.29, 1.82) is 0 Å². The van der Waals surface area contributed by atoms with Crippen molar-refractivity contribution >= 4 is 14.1 Å². The van der Waals surface area contributed by atoms with Gasteiger partial charge in [0.1, 0.15) is 24.4 Å². The van der Waals surface area contributed by atoms with Gasteiger partial charge in [0.25, 0.3) is 0 Å². The molecule has 0 spiro atoms. The van der Waals surface area contributed by atoms with Crippen molar-refractivity contribution < 1.29 is 44.1 Å². The number of rotatable bonds is 7. The standard InChI is InChI=1S/C6H13O9P/c7-1-3(8)5(10)6(11)4(9)2-15-16(12,13)14/h1,3-6,8-11H,2H2,(H2,12,13,14)/t3-,4+,5+,6+/m0/s1/i16+1. The maximum atomic E-state index is 10.2. The number of aliphatic hydroxyl groups excluding tert-OH is 4. The lowest BCUT2D eigenvalue weighted by Gasteiger charge is -2.23. The maximum absolute atomic E-state index is 10.2. The number of hydrogen-bond donors (Lipinski definition) is 6. The van der Waals surface area contributed by atoms with Crippen LogP contribution in [-0.2, 0) is 13.9 Å². The highest BCUT2D eigenvalue weighted by molar-refractivity contribution is 7.46. The van der Waals surface area contributed by atoms with Crippen LogP contribution in [0.1, 0.15) is 0 Å². The third-order valence-electron chi connectivity index (χ3n) is 1.65. The van der Waals surface area contributed by atoms with Crippen LogP contribution >= 0.6 is 7.82 Å². The van der Waals surface area contributed by atoms with Crippen LogP contribution in [0.5, 0.6) is 0 Å². The van der Waals surface area contributed by atoms with Gasteiger partial charge in [0, 0.05) is 0 Å². The lowest BCUT2D eigenvalue weighted by Crippen LogP contribution is -2.46. The van der Waals surface area contributed by atoms with E-state index in [2.05, 4.69) is 4.52 Å². The lowest BCUT2D eigenvalue weighted by atomic mass is 10.0. The van der Waals surface area contributed by atoms with Crippen molar-refractivity contribution in [2.75, 3.05) is 6.61 Å². The van der Waals surface area contributed by atoms with E-state index < -0.39 is 38.8 Å². The van der Waals surface area contributed by atoms with E-state index in [1.807, 2.05) is 0 Å². The van der Waals surface area contributed by atoms with Crippen molar-refractivity contribution in [3.8, 4) is 0 Å². The fourth-order valence-electron chi connectivity index (χ4n) is 0.782. The van der Waals surface area contributed by atoms with Gasteiger partial charge in [-0.25, -0.2) is 4.57 Å². The van der Waals surface area contributed by atoms with Gasteiger partial charge in [-0.1, -0.05) is 0 Å². The van der Waals surface area contributed by atoms with Crippen molar-refractivity contribution in [3.63, 3.8) is 0 Å². The minimum absolute atomic E-state index is 0.0650. The summed E-state index contributed by atoms with van der Waals surface area (Å²) in [6.07, 6.45) is -7.80. The van der Waals surface area contributed by atoms with E-state index in [0.717, 1.165) is 0 Å². The minimum Gasteiger partial charge on any atom is -0.388 e. The first-order chi connectivity index (χ1) is 7.19. The number of carbonyl (C=O) groups excluding carboxylic acids is 1. The Morgan fingerprint density at radius 2 is 1.62 bits per heavy atom. The third-order valence-corrected chi connectivity index (χ3v) is 2.13. The van der Waals surface area contributed by atoms with E-state index in [4.69, 9.17) is 30.2 Å². The molecule has 10 heteroatoms. The van der Waals surface area contributed by atoms with Crippen LogP contribution in [0.15, 0.2) is 0 Å². The molecule has 0 heterocycles. The van der Waals surface area contributed by atoms with Gasteiger partial charge in [0.05, 0.1) is 6.61 Å². The topological polar surface area (TPSA) is 165 Å². The monoisotopic (exact) mass is 261 g/mol. The Labute approximate surface area is 90.2 Å². The molecule has 0 unspecified atom stereocenters. The number of carbonyl (C=O) groups is 1. The summed E-state index contributed by atoms with van der Waals surface area (Å²) in [5.74, 6) is 0. The van der Waals surface area contributed by atoms with Crippen LogP contribution < -0.4 is 0 Å². The maximum Gasteiger partial charge on any atom is 0.469 e. The fraction of sp³-hybridized carbons (Fsp3) is 0.833. The highest BCUT2D eigenvalue weighted by atomic mass is 32.2. The predicted octanol–water partition coefficient (Wildman–Crippen LogP) is -3.26. The van der Waals surface area contributed by atoms with E-state index in [-0.39, 0.29) is 6.29 Å². The molecule has 0 amide bonds. The molecule has 9 nitrogen and oxygen atoms in total. The molecular weight excluding hydrogens is 248 g/mol. The number of aliphatic hydroxyl groups is 4. The Morgan fingerprint density at radius 3 is 2.00 bits per heavy atom. The summed E-state index contributed by atoms with van der Waals surface area (Å²) >= 11 is 0. The number of phosphoric acid groups is 1. The Morgan fingerprint density at radius 1 is 1.12 bits per heavy atom. The summed E-state index contributed by atoms with van der Waals surface area (Å²) in [6, 6.07) is 0. The van der Waals surface area contributed by atoms with Crippen molar-refractivity contribution in [1.82, 2.24) is 0 Å². The van der Waals surface area contributed by atoms with Crippen molar-refractivity contribution in [3.05, 3.63) is 0 Å². The summed E-state index contributed by atoms with van der Waals surface area (Å²) in [5.41, 5.74) is 0. The average Bonchev–Trinajstić information content (AvgIpc) is 2.21. The van der Waals surface area contributed by atoms with Gasteiger partial charge in [-0.05, 0) is 0 Å². The van der Waals surface area contributed by atoms with Gasteiger partial charge in [-0.2, -0.15) is 0 Å². The summed E-state index contributed by atoms with van der Waals surface area (Å²) < 4.78 is 14.1. The van der Waals surface area contributed by atoms with Crippen LogP contribution in [0, 0.1) is 0 Å². The normalized spacial score (nSPS) is 19.9. The molecule has 0 aliphatic rings. The van der Waals surface area contributed by atoms with E-state index in [0.29, 0.717) is 0 Å². The number of aldehydes is 1. The van der Waals surface area contributed by atoms with Crippen LogP contribution in [-0.4, -0.2) is 67.5 Å². The van der Waals surface area contributed by atoms with Crippen LogP contribution in [0.2, 0.25) is 0 Å². The SMILES string of the molecule is O=C[C@H](O)[C@@H](O)[C@H](O)[C@H](O)CO[32P](=O)(O)O. The molecule has 6 N–H and O–H groups in total. The second-order valence-electron chi connectivity index (χ2n) is 2.96. The molecule has 0 aromatic heterocycles. The summed E-state index contributed by atoms with van der Waals surface area (Å²) in [5, 5.41) is 36.1. The highest BCUT2D eigenvalue weighted by Gasteiger charge is 2.31. The molecule has 0 saturated carbocycles. The molecular formula is C6H13O9P. The van der Waals surface area contributed by atoms with Gasteiger partial charge in [-0.15, -0.1) is 0 Å². The molecule has 0 bridgehead atoms. The van der Waals surface area contributed by atoms with Gasteiger partial charge in [0.2, 0.25) is 0 Å². The van der Waals surface area contributed by atoms with Crippen LogP contribution in [0.4, 0.5) is 0 Å². The summed E-state index contributed by atoms with van der Waals surface area (Å²) in [4.78, 5) is 26.6. The Hall–Kier alpha value is -0.380. The molecule has 0 aliphatic carbocycles. The predicted molar refractivity (Wildman–Crippen MR) is 48.1 cm³/mol. The quantitative estimate of drug-likeness (QED) is 0.204. The first-order valence-corrected chi connectivity index (χ1v) is 5.59. The Bertz CT molecular complexity index is 263. The minimum atomic E-state index is -4.80. The lowest BCUT2D eigenvalue weighted by molar-refractivity contribution is -0.136. The molecule has 0 fully saturated rings. The molecule has 16 heavy (non-hydrogen) atoms. The van der Waals surface area contributed by atoms with E-state index in [1.165, 1.54) is 0 Å². The zero-order valence-corrected chi connectivity index (χ0v) is 8.84. The molecule has 0 aromatic rings. The molecule has 0 saturated heterocycles. The summed E-state index contributed by atoms with van der Waals surface area (Å²) in [7, 11) is -4.80. The van der Waals surface area contributed by atoms with Gasteiger partial charge >= 0.3 is 7.82 Å². The molecule has 0 rings (SSSR count). The Kier molecular flexibility index (Phi) is 6.23. The number of hydrogen-bond acceptors (Lipinski definition) is 7. The van der Waals surface area contributed by atoms with E-state index in [1.54, 1.807) is 0 Å². The fourth-order valence-corrected chi connectivity index (χ4v) is 1.13. The second-order valence-corrected chi connectivity index (χ2v) is 4.20. The first kappa shape index (κ1) is 15.6. The van der Waals surface area contributed by atoms with Crippen LogP contribution in [0.25, 0.3) is 0 Å². The van der Waals surface area contributed by atoms with Crippen molar-refractivity contribution in [2.24, 2.45) is 0 Å². The zero-order chi connectivity index (χ0) is 12.9. The van der Waals surface area contributed by atoms with Gasteiger partial charge in [0.15, 0.2) is 6.29 Å². The summed E-state index contributed by atoms with van der Waals surface area (Å²) in [6.45, 7) is -0.964. The van der Waals surface area contributed by atoms with E-state index in [9.17, 15) is 9.36 Å². The van der Waals surface area contributed by atoms with Gasteiger partial charge < -0.3 is 35.0 Å². The Balaban J connectivity index is 4.22. The molecule has 0 aromatic carbocycles. The zero-order valence-electron chi connectivity index (χ0n) is 7.95. The largest absolute Gasteiger partial charge is 0.469 e. The second kappa shape index (κ2) is 6.38. The van der Waals surface area contributed by atoms with Crippen LogP contribution in [0.3, 0.4) is 0 Å². The van der Waals surface area contributed by atoms with Crippen molar-refractivity contribution in [2.45, 2.75) is 24.4 Å².